The van der Waals surface area contributed by atoms with Gasteiger partial charge in [-0.3, -0.25) is 0 Å². The topological polar surface area (TPSA) is 19.4 Å². The fraction of sp³-hybridized carbons (Fsp3) is 0.681. The molecule has 9 rings (SSSR count). The third-order valence-corrected chi connectivity index (χ3v) is 20.0. The summed E-state index contributed by atoms with van der Waals surface area (Å²) in [6, 6.07) is 50.4. The van der Waals surface area contributed by atoms with Gasteiger partial charge in [0.25, 0.3) is 0 Å². The molecule has 6 aromatic carbocycles. The number of halogens is 6. The molecule has 6 aromatic rings. The molecule has 0 aliphatic carbocycles. The molecule has 3 fully saturated rings. The van der Waals surface area contributed by atoms with Crippen molar-refractivity contribution in [3.63, 3.8) is 0 Å². The average Bonchev–Trinajstić information content (AvgIpc) is 0.705. The summed E-state index contributed by atoms with van der Waals surface area (Å²) in [5.41, 5.74) is 21.2. The first-order valence-corrected chi connectivity index (χ1v) is 62.5. The largest absolute Gasteiger partial charge is 0.371 e. The Bertz CT molecular complexity index is 2920. The maximum atomic E-state index is 2.91. The van der Waals surface area contributed by atoms with Crippen LogP contribution in [0.3, 0.4) is 0 Å². The maximum absolute atomic E-state index is 2.91. The minimum absolute atomic E-state index is 0. The van der Waals surface area contributed by atoms with Crippen molar-refractivity contribution < 1.29 is 0 Å². The highest BCUT2D eigenvalue weighted by Gasteiger charge is 2.60. The minimum Gasteiger partial charge on any atom is -0.371 e. The lowest BCUT2D eigenvalue weighted by Crippen LogP contribution is -2.71. The van der Waals surface area contributed by atoms with Crippen LogP contribution in [0.4, 0.5) is 34.1 Å². The molecule has 6 nitrogen and oxygen atoms in total. The van der Waals surface area contributed by atoms with E-state index in [2.05, 4.69) is 284 Å². The third kappa shape index (κ3) is 56.5. The Morgan fingerprint density at radius 3 is 0.768 bits per heavy atom. The maximum Gasteiger partial charge on any atom is 0.0431 e. The Hall–Kier alpha value is -2.25. The Morgan fingerprint density at radius 1 is 0.264 bits per heavy atom. The summed E-state index contributed by atoms with van der Waals surface area (Å²) >= 11 is 14.6. The number of benzene rings is 6. The van der Waals surface area contributed by atoms with E-state index in [4.69, 9.17) is 0 Å². The molecule has 3 unspecified atom stereocenters. The van der Waals surface area contributed by atoms with Crippen molar-refractivity contribution in [2.24, 2.45) is 29.1 Å². The zero-order valence-electron chi connectivity index (χ0n) is 84.4. The molecule has 3 saturated heterocycles. The lowest BCUT2D eigenvalue weighted by Gasteiger charge is -2.66. The third-order valence-electron chi connectivity index (χ3n) is 20.0. The molecular formula is C113H226Br3I3N6. The minimum atomic E-state index is 0. The van der Waals surface area contributed by atoms with Crippen molar-refractivity contribution in [1.29, 1.82) is 0 Å². The molecular weight excluding hydrogens is 2060 g/mol. The second-order valence-corrected chi connectivity index (χ2v) is 24.8. The van der Waals surface area contributed by atoms with Gasteiger partial charge in [0.2, 0.25) is 0 Å². The lowest BCUT2D eigenvalue weighted by atomic mass is 9.49. The van der Waals surface area contributed by atoms with E-state index >= 15 is 0 Å². The van der Waals surface area contributed by atoms with Crippen LogP contribution < -0.4 is 29.4 Å². The number of piperidine rings is 3. The van der Waals surface area contributed by atoms with E-state index in [0.29, 0.717) is 29.1 Å². The summed E-state index contributed by atoms with van der Waals surface area (Å²) in [6.07, 6.45) is 13.4. The van der Waals surface area contributed by atoms with Gasteiger partial charge in [0.05, 0.1) is 0 Å². The van der Waals surface area contributed by atoms with Gasteiger partial charge in [-0.15, -0.1) is 0 Å². The fourth-order valence-electron chi connectivity index (χ4n) is 16.2. The zero-order valence-corrected chi connectivity index (χ0v) is 95.7. The predicted molar refractivity (Wildman–Crippen MR) is 646 cm³/mol. The Balaban J connectivity index is -0.0000000813. The van der Waals surface area contributed by atoms with E-state index in [0.717, 1.165) is 103 Å². The highest BCUT2D eigenvalue weighted by Crippen LogP contribution is 2.59. The fourth-order valence-corrected chi connectivity index (χ4v) is 16.2. The number of para-hydroxylation sites is 6. The summed E-state index contributed by atoms with van der Waals surface area (Å²) < 4.78 is 0. The molecule has 3 aliphatic rings. The Kier molecular flexibility index (Phi) is 159. The number of hydrogen-bond acceptors (Lipinski definition) is 6. The molecule has 5 atom stereocenters. The van der Waals surface area contributed by atoms with Gasteiger partial charge >= 0.3 is 0 Å². The monoisotopic (exact) mass is 2290 g/mol. The number of anilines is 6. The molecule has 3 heterocycles. The summed E-state index contributed by atoms with van der Waals surface area (Å²) in [7, 11) is 0. The van der Waals surface area contributed by atoms with E-state index in [1.54, 1.807) is 5.69 Å². The van der Waals surface area contributed by atoms with Gasteiger partial charge < -0.3 is 29.4 Å². The van der Waals surface area contributed by atoms with Crippen LogP contribution in [-0.4, -0.2) is 78.5 Å². The van der Waals surface area contributed by atoms with Crippen LogP contribution >= 0.6 is 99.2 Å². The van der Waals surface area contributed by atoms with Crippen LogP contribution in [0.1, 0.15) is 407 Å². The quantitative estimate of drug-likeness (QED) is 0.0501. The van der Waals surface area contributed by atoms with Crippen molar-refractivity contribution in [1.82, 2.24) is 0 Å². The van der Waals surface area contributed by atoms with Crippen molar-refractivity contribution in [2.45, 2.75) is 413 Å². The molecule has 125 heavy (non-hydrogen) atoms. The van der Waals surface area contributed by atoms with Crippen LogP contribution in [0.25, 0.3) is 0 Å². The SMILES string of the molecule is BrI.BrI.BrI.C.C.C.C.C.C.C.C.CC.CC.CC.CC.CC.CC.CC.CC.CC.CC.CC.CC.CC.CC.CCCN(CCCN(CCCN(CCC)c1c(CC)cccc1CC)c1ccccc1CC)c1ccccc1CC.CCc1ccccc1N1CC(C)C23C(C1)CN(c1ccccc1CC)C[C@@H]2CN(c1c(CC)cccc1CC)C[C@@H]3C. The van der Waals surface area contributed by atoms with E-state index in [-0.39, 0.29) is 59.4 Å². The molecule has 0 bridgehead atoms. The van der Waals surface area contributed by atoms with Crippen molar-refractivity contribution in [3.8, 4) is 0 Å². The molecule has 0 radical (unpaired) electrons. The van der Waals surface area contributed by atoms with Crippen LogP contribution in [-0.2, 0) is 51.4 Å². The number of nitrogens with zero attached hydrogens (tertiary/aromatic N) is 6. The highest BCUT2D eigenvalue weighted by molar-refractivity contribution is 14.2. The average molecular weight is 2290 g/mol. The van der Waals surface area contributed by atoms with Gasteiger partial charge in [-0.25, -0.2) is 0 Å². The van der Waals surface area contributed by atoms with Gasteiger partial charge in [0.1, 0.15) is 0 Å². The number of aryl methyl sites for hydroxylation is 8. The molecule has 0 saturated carbocycles. The van der Waals surface area contributed by atoms with E-state index < -0.39 is 0 Å². The first kappa shape index (κ1) is 166. The summed E-state index contributed by atoms with van der Waals surface area (Å²) in [6.45, 7) is 97.9. The molecule has 12 heteroatoms. The molecule has 0 N–H and O–H groups in total. The van der Waals surface area contributed by atoms with Gasteiger partial charge in [0, 0.05) is 186 Å². The van der Waals surface area contributed by atoms with Crippen LogP contribution in [0.5, 0.6) is 0 Å². The predicted octanol–water partition coefficient (Wildman–Crippen LogP) is 42.3. The van der Waals surface area contributed by atoms with Crippen LogP contribution in [0.15, 0.2) is 133 Å². The molecule has 1 spiro atoms. The summed E-state index contributed by atoms with van der Waals surface area (Å²) in [5, 5.41) is 0. The normalized spacial score (nSPS) is 13.7. The summed E-state index contributed by atoms with van der Waals surface area (Å²) in [4.78, 5) is 16.4. The Morgan fingerprint density at radius 2 is 0.480 bits per heavy atom. The molecule has 3 aliphatic heterocycles. The standard InChI is InChI=1S/C39H53N3.C38H57N3.14C2H6.8CH4.3BrI/c1-7-30-16-11-13-20-36(30)40-22-28(5)39-29(6)23-42(38-32(9-3)18-15-19-33(38)10-4)27-35(39)26-41(25-34(39)24-40)37-21-14-12-17-31(37)8-2;1-7-26-39(36-24-15-13-20-32(36)9-3)28-18-29-40(37-25-16-14-21-33(37)10-4)30-19-31-41(27-8-2)38-34(11-5)22-17-23-35(38)12-6;14*1-2;;;;;;;;;3*1-2/h11-21,28-29,34-35H,7-10,22-27H2,1-6H3;13-17,20-25H,7-12,18-19,26-31H2,1-6H3;14*1-2H3;8*1H4;;;/t28?,29-,34?,35+,39?;;;;;;;;;;;;;;;;;;;;;;;;;;/m0........................../s1. The van der Waals surface area contributed by atoms with Gasteiger partial charge in [0.15, 0.2) is 0 Å². The van der Waals surface area contributed by atoms with Gasteiger partial charge in [-0.05, 0) is 201 Å². The smallest absolute Gasteiger partial charge is 0.0431 e. The lowest BCUT2D eigenvalue weighted by molar-refractivity contribution is -0.0772. The molecule has 750 valence electrons. The van der Waals surface area contributed by atoms with Crippen LogP contribution in [0, 0.1) is 29.1 Å². The molecule has 0 amide bonds. The van der Waals surface area contributed by atoms with Crippen LogP contribution in [0.2, 0.25) is 0 Å². The zero-order chi connectivity index (χ0) is 92.9. The van der Waals surface area contributed by atoms with Gasteiger partial charge in [-0.1, -0.05) is 446 Å². The second-order valence-electron chi connectivity index (χ2n) is 24.8. The van der Waals surface area contributed by atoms with E-state index in [1.165, 1.54) is 125 Å². The van der Waals surface area contributed by atoms with Crippen molar-refractivity contribution >= 4 is 133 Å². The molecule has 0 aromatic heterocycles. The number of rotatable bonds is 26. The Labute approximate surface area is 853 Å². The van der Waals surface area contributed by atoms with Crippen molar-refractivity contribution in [3.05, 3.63) is 178 Å². The van der Waals surface area contributed by atoms with E-state index in [1.807, 2.05) is 255 Å². The first-order chi connectivity index (χ1) is 57.6. The van der Waals surface area contributed by atoms with Gasteiger partial charge in [-0.2, -0.15) is 0 Å². The second kappa shape index (κ2) is 120. The van der Waals surface area contributed by atoms with Crippen molar-refractivity contribution in [2.75, 3.05) is 108 Å². The first-order valence-electron chi connectivity index (χ1n) is 48.0. The number of hydrogen-bond donors (Lipinski definition) is 0. The highest BCUT2D eigenvalue weighted by atomic mass is 127. The van der Waals surface area contributed by atoms with E-state index in [9.17, 15) is 0 Å². The summed E-state index contributed by atoms with van der Waals surface area (Å²) in [5.74, 6) is 2.58.